The van der Waals surface area contributed by atoms with E-state index in [1.165, 1.54) is 12.1 Å². The Labute approximate surface area is 113 Å². The van der Waals surface area contributed by atoms with Crippen LogP contribution in [0, 0.1) is 11.2 Å². The Bertz CT molecular complexity index is 493. The summed E-state index contributed by atoms with van der Waals surface area (Å²) in [5.41, 5.74) is 7.66. The van der Waals surface area contributed by atoms with Crippen LogP contribution < -0.4 is 10.6 Å². The van der Waals surface area contributed by atoms with Gasteiger partial charge in [-0.1, -0.05) is 26.8 Å². The summed E-state index contributed by atoms with van der Waals surface area (Å²) in [5.74, 6) is -0.328. The van der Waals surface area contributed by atoms with E-state index in [2.05, 4.69) is 0 Å². The Morgan fingerprint density at radius 1 is 1.47 bits per heavy atom. The number of rotatable bonds is 2. The molecule has 19 heavy (non-hydrogen) atoms. The molecule has 0 saturated heterocycles. The van der Waals surface area contributed by atoms with Crippen molar-refractivity contribution in [2.45, 2.75) is 39.7 Å². The number of nitrogens with two attached hydrogens (primary N) is 1. The summed E-state index contributed by atoms with van der Waals surface area (Å²) < 4.78 is 13.3. The van der Waals surface area contributed by atoms with E-state index in [0.29, 0.717) is 18.7 Å². The topological polar surface area (TPSA) is 46.3 Å². The van der Waals surface area contributed by atoms with Crippen molar-refractivity contribution in [3.63, 3.8) is 0 Å². The van der Waals surface area contributed by atoms with E-state index >= 15 is 0 Å². The first kappa shape index (κ1) is 14.0. The van der Waals surface area contributed by atoms with Crippen LogP contribution in [0.1, 0.15) is 32.8 Å². The van der Waals surface area contributed by atoms with Crippen LogP contribution in [0.3, 0.4) is 0 Å². The van der Waals surface area contributed by atoms with Crippen LogP contribution in [0.4, 0.5) is 10.1 Å². The van der Waals surface area contributed by atoms with Gasteiger partial charge in [0.05, 0.1) is 0 Å². The number of anilines is 1. The van der Waals surface area contributed by atoms with Crippen LogP contribution >= 0.6 is 0 Å². The number of carbonyl (C=O) groups is 1. The molecule has 2 N–H and O–H groups in total. The summed E-state index contributed by atoms with van der Waals surface area (Å²) in [6.45, 7) is 6.67. The van der Waals surface area contributed by atoms with Crippen LogP contribution in [0.15, 0.2) is 18.2 Å². The predicted molar refractivity (Wildman–Crippen MR) is 74.5 cm³/mol. The Kier molecular flexibility index (Phi) is 3.63. The fourth-order valence-electron chi connectivity index (χ4n) is 2.22. The van der Waals surface area contributed by atoms with E-state index < -0.39 is 0 Å². The maximum absolute atomic E-state index is 13.3. The van der Waals surface area contributed by atoms with Crippen molar-refractivity contribution in [3.05, 3.63) is 29.6 Å². The Balaban J connectivity index is 2.13. The Morgan fingerprint density at radius 3 is 2.79 bits per heavy atom. The largest absolute Gasteiger partial charge is 0.327 e. The molecule has 0 bridgehead atoms. The van der Waals surface area contributed by atoms with Crippen LogP contribution in [0.2, 0.25) is 0 Å². The quantitative estimate of drug-likeness (QED) is 0.892. The molecule has 1 heterocycles. The molecular weight excluding hydrogens is 243 g/mol. The number of benzene rings is 1. The summed E-state index contributed by atoms with van der Waals surface area (Å²) in [4.78, 5) is 14.0. The SMILES string of the molecule is CC(C)(C)C(N)CC(=O)N1CCc2ccc(F)cc21. The van der Waals surface area contributed by atoms with Gasteiger partial charge in [-0.05, 0) is 29.5 Å². The van der Waals surface area contributed by atoms with E-state index in [1.54, 1.807) is 11.0 Å². The second-order valence-electron chi connectivity index (χ2n) is 6.25. The smallest absolute Gasteiger partial charge is 0.228 e. The summed E-state index contributed by atoms with van der Waals surface area (Å²) in [7, 11) is 0. The highest BCUT2D eigenvalue weighted by Crippen LogP contribution is 2.30. The van der Waals surface area contributed by atoms with Gasteiger partial charge in [0.15, 0.2) is 0 Å². The number of fused-ring (bicyclic) bond motifs is 1. The average molecular weight is 264 g/mol. The normalized spacial score (nSPS) is 16.4. The van der Waals surface area contributed by atoms with Gasteiger partial charge in [0.2, 0.25) is 5.91 Å². The number of amides is 1. The highest BCUT2D eigenvalue weighted by Gasteiger charge is 2.29. The first-order valence-electron chi connectivity index (χ1n) is 6.63. The average Bonchev–Trinajstić information content (AvgIpc) is 2.70. The number of halogens is 1. The van der Waals surface area contributed by atoms with Crippen molar-refractivity contribution in [2.24, 2.45) is 11.1 Å². The van der Waals surface area contributed by atoms with Gasteiger partial charge in [-0.3, -0.25) is 4.79 Å². The third-order valence-electron chi connectivity index (χ3n) is 3.75. The van der Waals surface area contributed by atoms with Crippen molar-refractivity contribution < 1.29 is 9.18 Å². The summed E-state index contributed by atoms with van der Waals surface area (Å²) in [6, 6.07) is 4.43. The maximum atomic E-state index is 13.3. The predicted octanol–water partition coefficient (Wildman–Crippen LogP) is 2.48. The summed E-state index contributed by atoms with van der Waals surface area (Å²) in [5, 5.41) is 0. The monoisotopic (exact) mass is 264 g/mol. The molecule has 1 aromatic rings. The summed E-state index contributed by atoms with van der Waals surface area (Å²) in [6.07, 6.45) is 1.07. The first-order valence-corrected chi connectivity index (χ1v) is 6.63. The highest BCUT2D eigenvalue weighted by atomic mass is 19.1. The highest BCUT2D eigenvalue weighted by molar-refractivity contribution is 5.95. The van der Waals surface area contributed by atoms with E-state index in [1.807, 2.05) is 20.8 Å². The molecule has 0 radical (unpaired) electrons. The molecule has 1 atom stereocenters. The first-order chi connectivity index (χ1) is 8.79. The molecule has 1 amide bonds. The van der Waals surface area contributed by atoms with Crippen LogP contribution in [0.5, 0.6) is 0 Å². The second-order valence-corrected chi connectivity index (χ2v) is 6.25. The van der Waals surface area contributed by atoms with Gasteiger partial charge >= 0.3 is 0 Å². The molecule has 1 aliphatic heterocycles. The number of nitrogens with zero attached hydrogens (tertiary/aromatic N) is 1. The lowest BCUT2D eigenvalue weighted by atomic mass is 9.85. The van der Waals surface area contributed by atoms with Gasteiger partial charge in [-0.25, -0.2) is 4.39 Å². The third kappa shape index (κ3) is 2.95. The molecule has 1 unspecified atom stereocenters. The molecule has 1 aliphatic rings. The standard InChI is InChI=1S/C15H21FN2O/c1-15(2,3)13(17)9-14(19)18-7-6-10-4-5-11(16)8-12(10)18/h4-5,8,13H,6-7,9,17H2,1-3H3. The molecule has 0 aromatic heterocycles. The van der Waals surface area contributed by atoms with E-state index in [4.69, 9.17) is 5.73 Å². The zero-order valence-corrected chi connectivity index (χ0v) is 11.7. The molecule has 0 aliphatic carbocycles. The van der Waals surface area contributed by atoms with Gasteiger partial charge < -0.3 is 10.6 Å². The number of carbonyl (C=O) groups excluding carboxylic acids is 1. The molecule has 3 nitrogen and oxygen atoms in total. The zero-order valence-electron chi connectivity index (χ0n) is 11.7. The molecule has 104 valence electrons. The Hall–Kier alpha value is -1.42. The van der Waals surface area contributed by atoms with Gasteiger partial charge in [0.25, 0.3) is 0 Å². The lowest BCUT2D eigenvalue weighted by molar-refractivity contribution is -0.119. The third-order valence-corrected chi connectivity index (χ3v) is 3.75. The van der Waals surface area contributed by atoms with Crippen LogP contribution in [0.25, 0.3) is 0 Å². The van der Waals surface area contributed by atoms with Crippen molar-refractivity contribution in [2.75, 3.05) is 11.4 Å². The lowest BCUT2D eigenvalue weighted by Gasteiger charge is -2.28. The number of hydrogen-bond acceptors (Lipinski definition) is 2. The minimum atomic E-state index is -0.307. The number of hydrogen-bond donors (Lipinski definition) is 1. The zero-order chi connectivity index (χ0) is 14.2. The van der Waals surface area contributed by atoms with E-state index in [9.17, 15) is 9.18 Å². The molecule has 0 spiro atoms. The fraction of sp³-hybridized carbons (Fsp3) is 0.533. The minimum Gasteiger partial charge on any atom is -0.327 e. The van der Waals surface area contributed by atoms with Gasteiger partial charge in [0.1, 0.15) is 5.82 Å². The second kappa shape index (κ2) is 4.93. The van der Waals surface area contributed by atoms with Crippen molar-refractivity contribution >= 4 is 11.6 Å². The molecule has 0 saturated carbocycles. The van der Waals surface area contributed by atoms with Gasteiger partial charge in [-0.15, -0.1) is 0 Å². The van der Waals surface area contributed by atoms with E-state index in [-0.39, 0.29) is 23.2 Å². The minimum absolute atomic E-state index is 0.0215. The lowest BCUT2D eigenvalue weighted by Crippen LogP contribution is -2.41. The van der Waals surface area contributed by atoms with Crippen LogP contribution in [-0.4, -0.2) is 18.5 Å². The van der Waals surface area contributed by atoms with Crippen LogP contribution in [-0.2, 0) is 11.2 Å². The molecule has 2 rings (SSSR count). The van der Waals surface area contributed by atoms with Crippen molar-refractivity contribution in [1.82, 2.24) is 0 Å². The molecule has 0 fully saturated rings. The van der Waals surface area contributed by atoms with Crippen molar-refractivity contribution in [3.8, 4) is 0 Å². The molecule has 4 heteroatoms. The fourth-order valence-corrected chi connectivity index (χ4v) is 2.22. The summed E-state index contributed by atoms with van der Waals surface area (Å²) >= 11 is 0. The molecular formula is C15H21FN2O. The maximum Gasteiger partial charge on any atom is 0.228 e. The van der Waals surface area contributed by atoms with Gasteiger partial charge in [-0.2, -0.15) is 0 Å². The van der Waals surface area contributed by atoms with Gasteiger partial charge in [0, 0.05) is 24.7 Å². The Morgan fingerprint density at radius 2 is 2.16 bits per heavy atom. The molecule has 1 aromatic carbocycles. The van der Waals surface area contributed by atoms with Crippen molar-refractivity contribution in [1.29, 1.82) is 0 Å². The van der Waals surface area contributed by atoms with E-state index in [0.717, 1.165) is 12.0 Å².